The number of benzene rings is 1. The summed E-state index contributed by atoms with van der Waals surface area (Å²) in [6, 6.07) is 7.67. The van der Waals surface area contributed by atoms with Crippen LogP contribution in [0.1, 0.15) is 19.8 Å². The van der Waals surface area contributed by atoms with E-state index in [2.05, 4.69) is 113 Å². The number of methoxy groups -OCH3 is 1. The fourth-order valence-corrected chi connectivity index (χ4v) is 11.1. The molecule has 6 aliphatic rings. The molecule has 0 unspecified atom stereocenters. The number of thiocyanates is 2. The average Bonchev–Trinajstić information content (AvgIpc) is 3.66. The summed E-state index contributed by atoms with van der Waals surface area (Å²) in [5.74, 6) is 0.806. The minimum Gasteiger partial charge on any atom is -0.382 e. The number of hydrogen-bond donors (Lipinski definition) is 18. The second-order valence-corrected chi connectivity index (χ2v) is 24.6. The maximum Gasteiger partial charge on any atom is 0.171 e. The van der Waals surface area contributed by atoms with E-state index in [4.69, 9.17) is 70.9 Å². The van der Waals surface area contributed by atoms with E-state index in [-0.39, 0.29) is 22.0 Å². The predicted octanol–water partition coefficient (Wildman–Crippen LogP) is -2.52. The topological polar surface area (TPSA) is 310 Å². The zero-order valence-corrected chi connectivity index (χ0v) is 54.0. The van der Waals surface area contributed by atoms with E-state index in [1.807, 2.05) is 24.3 Å². The van der Waals surface area contributed by atoms with Gasteiger partial charge in [-0.1, -0.05) is 6.92 Å². The van der Waals surface area contributed by atoms with Gasteiger partial charge in [0.25, 0.3) is 0 Å². The maximum absolute atomic E-state index is 8.90. The first-order valence-electron chi connectivity index (χ1n) is 29.7. The number of fused-ring (bicyclic) bond motifs is 30. The molecule has 30 heteroatoms. The van der Waals surface area contributed by atoms with Gasteiger partial charge in [-0.25, -0.2) is 0 Å². The molecule has 0 amide bonds. The molecule has 0 radical (unpaired) electrons. The number of nitrogens with one attached hydrogen (secondary N) is 18. The van der Waals surface area contributed by atoms with E-state index < -0.39 is 0 Å². The van der Waals surface area contributed by atoms with Crippen LogP contribution in [0.4, 0.5) is 5.69 Å². The second-order valence-electron chi connectivity index (χ2n) is 21.6. The molecule has 478 valence electrons. The minimum absolute atomic E-state index is 0.172. The van der Waals surface area contributed by atoms with Gasteiger partial charge in [-0.15, -0.1) is 0 Å². The van der Waals surface area contributed by atoms with Gasteiger partial charge < -0.3 is 119 Å². The number of hydrogen-bond acceptors (Lipinski definition) is 24. The Hall–Kier alpha value is -2.71. The molecule has 25 nitrogen and oxygen atoms in total. The molecular formula is C54H102N20O5S5. The highest BCUT2D eigenvalue weighted by molar-refractivity contribution is 8.04. The maximum atomic E-state index is 8.90. The third kappa shape index (κ3) is 34.2. The van der Waals surface area contributed by atoms with Crippen molar-refractivity contribution in [3.05, 3.63) is 24.3 Å². The molecule has 6 saturated heterocycles. The highest BCUT2D eigenvalue weighted by atomic mass is 32.2. The molecular weight excluding hydrogens is 1170 g/mol. The molecule has 6 fully saturated rings. The summed E-state index contributed by atoms with van der Waals surface area (Å²) in [6.07, 6.45) is 1.74. The Morgan fingerprint density at radius 2 is 0.845 bits per heavy atom. The molecule has 6 heterocycles. The van der Waals surface area contributed by atoms with Crippen molar-refractivity contribution in [2.24, 2.45) is 5.41 Å². The summed E-state index contributed by atoms with van der Waals surface area (Å²) < 4.78 is 27.3. The van der Waals surface area contributed by atoms with E-state index >= 15 is 0 Å². The summed E-state index contributed by atoms with van der Waals surface area (Å²) >= 11 is 19.5. The molecule has 18 N–H and O–H groups in total. The van der Waals surface area contributed by atoms with Gasteiger partial charge in [-0.05, 0) is 97.3 Å². The molecule has 1 aromatic rings. The van der Waals surface area contributed by atoms with Crippen LogP contribution in [0.3, 0.4) is 0 Å². The van der Waals surface area contributed by atoms with Crippen molar-refractivity contribution in [1.82, 2.24) is 90.4 Å². The van der Waals surface area contributed by atoms with Crippen LogP contribution in [0.5, 0.6) is 0 Å². The van der Waals surface area contributed by atoms with Gasteiger partial charge in [0.05, 0.1) is 56.3 Å². The normalized spacial score (nSPS) is 24.6. The Morgan fingerprint density at radius 1 is 0.476 bits per heavy atom. The predicted molar refractivity (Wildman–Crippen MR) is 353 cm³/mol. The van der Waals surface area contributed by atoms with Crippen molar-refractivity contribution < 1.29 is 23.7 Å². The lowest BCUT2D eigenvalue weighted by Crippen LogP contribution is -2.69. The third-order valence-corrected chi connectivity index (χ3v) is 15.9. The summed E-state index contributed by atoms with van der Waals surface area (Å²) in [7, 11) is 1.65. The van der Waals surface area contributed by atoms with Crippen molar-refractivity contribution in [2.45, 2.75) is 41.3 Å². The lowest BCUT2D eigenvalue weighted by molar-refractivity contribution is 0.0145. The Labute approximate surface area is 526 Å². The van der Waals surface area contributed by atoms with E-state index in [0.29, 0.717) is 114 Å². The zero-order valence-electron chi connectivity index (χ0n) is 49.9. The number of thioether (sulfide) groups is 2. The third-order valence-electron chi connectivity index (χ3n) is 14.0. The standard InChI is InChI=1S/C27H47N11O2S3.C27H55N9O3S2/c1-39-12-13-40-21-35-24(41)37-26-14-29-6-9-32-17-27(18-33-10-7-30-15-26,19-34-11-8-31-16-26)38-25(42)36-22-2-4-23(5-3-22)43-20-28;1-26-18-29-5-8-32-21-27(22-33-9-6-30-19-26,23-34-10-7-31-20-26)36-25(40)35-4-2-11-37-13-15-39-16-14-38-12-3-17-41-24-28/h2-5,29-34H,6-19,21H2,1H3,(H2,35,37,41)(H2,36,38,42);29-34H,2-23H2,1H3,(H2,35,36,40). The number of thiocarbonyl (C=S) groups is 3. The van der Waals surface area contributed by atoms with Crippen LogP contribution in [0.25, 0.3) is 0 Å². The number of nitrogens with zero attached hydrogens (tertiary/aromatic N) is 2. The summed E-state index contributed by atoms with van der Waals surface area (Å²) in [4.78, 5) is 0.895. The SMILES string of the molecule is CC12CNCCNCC(NC(=S)NCCCOCCOCCOCCCSC#N)(CNCCNC1)CNCCNC2.COCCOCNC(=S)NC12CNCCNCC(NC(=S)Nc3ccc(SC#N)cc3)(CNCCNC1)CNCCNC2. The lowest BCUT2D eigenvalue weighted by atomic mass is 9.90. The highest BCUT2D eigenvalue weighted by Gasteiger charge is 2.34. The summed E-state index contributed by atoms with van der Waals surface area (Å²) in [6.45, 7) is 27.8. The number of nitriles is 2. The Balaban J connectivity index is 0.000000361. The highest BCUT2D eigenvalue weighted by Crippen LogP contribution is 2.19. The quantitative estimate of drug-likeness (QED) is 0.0167. The molecule has 6 aliphatic heterocycles. The Morgan fingerprint density at radius 3 is 1.25 bits per heavy atom. The van der Waals surface area contributed by atoms with Gasteiger partial charge >= 0.3 is 0 Å². The molecule has 0 spiro atoms. The molecule has 1 aromatic carbocycles. The number of ether oxygens (including phenoxy) is 5. The van der Waals surface area contributed by atoms with Crippen molar-refractivity contribution >= 4 is 81.2 Å². The first-order chi connectivity index (χ1) is 41.1. The monoisotopic (exact) mass is 1270 g/mol. The van der Waals surface area contributed by atoms with Gasteiger partial charge in [0.1, 0.15) is 17.5 Å². The van der Waals surface area contributed by atoms with Gasteiger partial charge in [0, 0.05) is 206 Å². The zero-order chi connectivity index (χ0) is 60.0. The van der Waals surface area contributed by atoms with Crippen molar-refractivity contribution in [3.8, 4) is 10.8 Å². The molecule has 0 saturated carbocycles. The van der Waals surface area contributed by atoms with Gasteiger partial charge in [-0.2, -0.15) is 10.5 Å². The van der Waals surface area contributed by atoms with Crippen LogP contribution in [0.2, 0.25) is 0 Å². The van der Waals surface area contributed by atoms with Crippen LogP contribution in [0.15, 0.2) is 29.2 Å². The average molecular weight is 1270 g/mol. The summed E-state index contributed by atoms with van der Waals surface area (Å²) in [5.41, 5.74) is 0.0587. The molecule has 0 aliphatic carbocycles. The summed E-state index contributed by atoms with van der Waals surface area (Å²) in [5, 5.41) is 87.6. The molecule has 4 bridgehead atoms. The smallest absolute Gasteiger partial charge is 0.171 e. The molecule has 0 aromatic heterocycles. The van der Waals surface area contributed by atoms with Crippen LogP contribution >= 0.6 is 60.2 Å². The number of anilines is 1. The van der Waals surface area contributed by atoms with Crippen molar-refractivity contribution in [1.29, 1.82) is 10.5 Å². The first-order valence-corrected chi connectivity index (χ1v) is 32.8. The van der Waals surface area contributed by atoms with Crippen LogP contribution in [0, 0.1) is 26.7 Å². The van der Waals surface area contributed by atoms with E-state index in [0.717, 1.165) is 165 Å². The first kappa shape index (κ1) is 73.8. The molecule has 0 atom stereocenters. The van der Waals surface area contributed by atoms with E-state index in [1.54, 1.807) is 7.11 Å². The fourth-order valence-electron chi connectivity index (χ4n) is 9.49. The fraction of sp³-hybridized carbons (Fsp3) is 0.796. The Kier molecular flexibility index (Phi) is 40.8. The van der Waals surface area contributed by atoms with Crippen LogP contribution in [-0.4, -0.2) is 268 Å². The van der Waals surface area contributed by atoms with Crippen LogP contribution in [-0.2, 0) is 23.7 Å². The lowest BCUT2D eigenvalue weighted by Gasteiger charge is -2.39. The van der Waals surface area contributed by atoms with E-state index in [9.17, 15) is 0 Å². The Bertz CT molecular complexity index is 1910. The largest absolute Gasteiger partial charge is 0.382 e. The van der Waals surface area contributed by atoms with Crippen molar-refractivity contribution in [2.75, 3.05) is 241 Å². The molecule has 7 rings (SSSR count). The van der Waals surface area contributed by atoms with Gasteiger partial charge in [0.2, 0.25) is 0 Å². The number of rotatable bonds is 24. The van der Waals surface area contributed by atoms with Crippen molar-refractivity contribution in [3.63, 3.8) is 0 Å². The van der Waals surface area contributed by atoms with Gasteiger partial charge in [0.15, 0.2) is 15.3 Å². The second kappa shape index (κ2) is 46.4. The van der Waals surface area contributed by atoms with E-state index in [1.165, 1.54) is 11.8 Å². The van der Waals surface area contributed by atoms with Crippen LogP contribution < -0.4 is 95.7 Å². The van der Waals surface area contributed by atoms with Gasteiger partial charge in [-0.3, -0.25) is 0 Å². The minimum atomic E-state index is -0.372. The molecule has 84 heavy (non-hydrogen) atoms.